The minimum Gasteiger partial charge on any atom is -0.347 e. The minimum atomic E-state index is -0.147. The first-order valence-corrected chi connectivity index (χ1v) is 8.28. The standard InChI is InChI=1S/C19H19N3O2/c23-18-11-16(21-19(24)13-5-7-20-8-6-13)12-22(18)17-9-14-3-1-2-4-15(14)10-17/h1-8,16-17H,9-12H2,(H,21,24)/t16-/m1/s1. The summed E-state index contributed by atoms with van der Waals surface area (Å²) in [6.07, 6.45) is 5.39. The van der Waals surface area contributed by atoms with Gasteiger partial charge in [-0.25, -0.2) is 0 Å². The maximum Gasteiger partial charge on any atom is 0.251 e. The van der Waals surface area contributed by atoms with E-state index in [1.165, 1.54) is 11.1 Å². The van der Waals surface area contributed by atoms with Crippen molar-refractivity contribution in [1.29, 1.82) is 0 Å². The Morgan fingerprint density at radius 2 is 1.71 bits per heavy atom. The second kappa shape index (κ2) is 6.07. The van der Waals surface area contributed by atoms with E-state index in [1.54, 1.807) is 24.5 Å². The maximum absolute atomic E-state index is 12.4. The van der Waals surface area contributed by atoms with Crippen LogP contribution in [0.5, 0.6) is 0 Å². The zero-order chi connectivity index (χ0) is 16.5. The van der Waals surface area contributed by atoms with Crippen molar-refractivity contribution in [2.75, 3.05) is 6.54 Å². The third-order valence-corrected chi connectivity index (χ3v) is 4.91. The highest BCUT2D eigenvalue weighted by Gasteiger charge is 2.37. The molecule has 0 saturated carbocycles. The largest absolute Gasteiger partial charge is 0.347 e. The van der Waals surface area contributed by atoms with Gasteiger partial charge in [-0.05, 0) is 36.1 Å². The van der Waals surface area contributed by atoms with E-state index in [9.17, 15) is 9.59 Å². The van der Waals surface area contributed by atoms with E-state index in [2.05, 4.69) is 22.4 Å². The Labute approximate surface area is 140 Å². The van der Waals surface area contributed by atoms with Crippen LogP contribution in [0.25, 0.3) is 0 Å². The Bertz CT molecular complexity index is 750. The molecule has 1 N–H and O–H groups in total. The van der Waals surface area contributed by atoms with Gasteiger partial charge in [-0.15, -0.1) is 0 Å². The monoisotopic (exact) mass is 321 g/mol. The molecule has 1 atom stereocenters. The number of rotatable bonds is 3. The van der Waals surface area contributed by atoms with Crippen LogP contribution in [-0.2, 0) is 17.6 Å². The summed E-state index contributed by atoms with van der Waals surface area (Å²) in [7, 11) is 0. The average Bonchev–Trinajstić information content (AvgIpc) is 3.18. The van der Waals surface area contributed by atoms with Gasteiger partial charge in [0.05, 0.1) is 6.04 Å². The van der Waals surface area contributed by atoms with Crippen LogP contribution in [0.1, 0.15) is 27.9 Å². The lowest BCUT2D eigenvalue weighted by atomic mass is 10.1. The number of benzene rings is 1. The Hall–Kier alpha value is -2.69. The third kappa shape index (κ3) is 2.77. The van der Waals surface area contributed by atoms with Gasteiger partial charge in [0, 0.05) is 37.0 Å². The molecule has 2 heterocycles. The number of hydrogen-bond donors (Lipinski definition) is 1. The molecule has 0 unspecified atom stereocenters. The van der Waals surface area contributed by atoms with Crippen LogP contribution in [0.3, 0.4) is 0 Å². The zero-order valence-electron chi connectivity index (χ0n) is 13.3. The summed E-state index contributed by atoms with van der Waals surface area (Å²) in [5.41, 5.74) is 3.24. The SMILES string of the molecule is O=C(N[C@@H]1CC(=O)N(C2Cc3ccccc3C2)C1)c1ccncc1. The molecule has 24 heavy (non-hydrogen) atoms. The van der Waals surface area contributed by atoms with Crippen molar-refractivity contribution in [2.45, 2.75) is 31.3 Å². The fourth-order valence-electron chi connectivity index (χ4n) is 3.71. The lowest BCUT2D eigenvalue weighted by Crippen LogP contribution is -2.41. The molecule has 1 fully saturated rings. The fourth-order valence-corrected chi connectivity index (χ4v) is 3.71. The first kappa shape index (κ1) is 14.9. The molecule has 5 nitrogen and oxygen atoms in total. The summed E-state index contributed by atoms with van der Waals surface area (Å²) >= 11 is 0. The number of hydrogen-bond acceptors (Lipinski definition) is 3. The van der Waals surface area contributed by atoms with Gasteiger partial charge in [0.15, 0.2) is 0 Å². The molecule has 1 aliphatic heterocycles. The predicted octanol–water partition coefficient (Wildman–Crippen LogP) is 1.58. The van der Waals surface area contributed by atoms with Gasteiger partial charge < -0.3 is 10.2 Å². The summed E-state index contributed by atoms with van der Waals surface area (Å²) < 4.78 is 0. The Morgan fingerprint density at radius 3 is 2.38 bits per heavy atom. The second-order valence-corrected chi connectivity index (χ2v) is 6.49. The molecule has 0 radical (unpaired) electrons. The van der Waals surface area contributed by atoms with E-state index >= 15 is 0 Å². The summed E-state index contributed by atoms with van der Waals surface area (Å²) in [5, 5.41) is 2.97. The first-order valence-electron chi connectivity index (χ1n) is 8.28. The quantitative estimate of drug-likeness (QED) is 0.933. The lowest BCUT2D eigenvalue weighted by Gasteiger charge is -2.24. The van der Waals surface area contributed by atoms with Gasteiger partial charge in [0.1, 0.15) is 0 Å². The van der Waals surface area contributed by atoms with Crippen molar-refractivity contribution in [2.24, 2.45) is 0 Å². The van der Waals surface area contributed by atoms with E-state index in [0.29, 0.717) is 18.5 Å². The van der Waals surface area contributed by atoms with Crippen LogP contribution in [0, 0.1) is 0 Å². The first-order chi connectivity index (χ1) is 11.7. The van der Waals surface area contributed by atoms with Crippen molar-refractivity contribution in [3.8, 4) is 0 Å². The average molecular weight is 321 g/mol. The second-order valence-electron chi connectivity index (χ2n) is 6.49. The van der Waals surface area contributed by atoms with Crippen molar-refractivity contribution >= 4 is 11.8 Å². The highest BCUT2D eigenvalue weighted by molar-refractivity contribution is 5.94. The summed E-state index contributed by atoms with van der Waals surface area (Å²) in [4.78, 5) is 30.5. The molecule has 1 aromatic carbocycles. The number of pyridine rings is 1. The Kier molecular flexibility index (Phi) is 3.76. The Morgan fingerprint density at radius 1 is 1.04 bits per heavy atom. The number of carbonyl (C=O) groups is 2. The molecule has 2 aromatic rings. The predicted molar refractivity (Wildman–Crippen MR) is 89.5 cm³/mol. The molecule has 1 saturated heterocycles. The number of fused-ring (bicyclic) bond motifs is 1. The summed E-state index contributed by atoms with van der Waals surface area (Å²) in [6, 6.07) is 11.8. The van der Waals surface area contributed by atoms with Gasteiger partial charge in [-0.2, -0.15) is 0 Å². The van der Waals surface area contributed by atoms with Gasteiger partial charge in [-0.3, -0.25) is 14.6 Å². The molecular formula is C19H19N3O2. The molecule has 122 valence electrons. The summed E-state index contributed by atoms with van der Waals surface area (Å²) in [5.74, 6) is -0.0143. The van der Waals surface area contributed by atoms with Crippen LogP contribution in [0.2, 0.25) is 0 Å². The molecule has 1 aromatic heterocycles. The smallest absolute Gasteiger partial charge is 0.251 e. The molecule has 4 rings (SSSR count). The number of likely N-dealkylation sites (tertiary alicyclic amines) is 1. The topological polar surface area (TPSA) is 62.3 Å². The number of nitrogens with one attached hydrogen (secondary N) is 1. The van der Waals surface area contributed by atoms with E-state index in [4.69, 9.17) is 0 Å². The molecular weight excluding hydrogens is 302 g/mol. The molecule has 2 aliphatic rings. The Balaban J connectivity index is 1.40. The van der Waals surface area contributed by atoms with Crippen LogP contribution in [0.4, 0.5) is 0 Å². The third-order valence-electron chi connectivity index (χ3n) is 4.91. The van der Waals surface area contributed by atoms with E-state index in [-0.39, 0.29) is 23.9 Å². The number of amides is 2. The maximum atomic E-state index is 12.4. The zero-order valence-corrected chi connectivity index (χ0v) is 13.3. The molecule has 5 heteroatoms. The molecule has 0 spiro atoms. The van der Waals surface area contributed by atoms with E-state index in [1.807, 2.05) is 17.0 Å². The van der Waals surface area contributed by atoms with Gasteiger partial charge in [0.2, 0.25) is 5.91 Å². The summed E-state index contributed by atoms with van der Waals surface area (Å²) in [6.45, 7) is 0.592. The van der Waals surface area contributed by atoms with Crippen LogP contribution in [0.15, 0.2) is 48.8 Å². The van der Waals surface area contributed by atoms with Crippen LogP contribution in [-0.4, -0.2) is 40.3 Å². The van der Waals surface area contributed by atoms with Crippen LogP contribution < -0.4 is 5.32 Å². The fraction of sp³-hybridized carbons (Fsp3) is 0.316. The number of aromatic nitrogens is 1. The van der Waals surface area contributed by atoms with E-state index < -0.39 is 0 Å². The number of nitrogens with zero attached hydrogens (tertiary/aromatic N) is 2. The van der Waals surface area contributed by atoms with Crippen molar-refractivity contribution < 1.29 is 9.59 Å². The molecule has 2 amide bonds. The number of carbonyl (C=O) groups excluding carboxylic acids is 2. The highest BCUT2D eigenvalue weighted by Crippen LogP contribution is 2.28. The normalized spacial score (nSPS) is 20.2. The van der Waals surface area contributed by atoms with Gasteiger partial charge in [-0.1, -0.05) is 24.3 Å². The van der Waals surface area contributed by atoms with Crippen molar-refractivity contribution in [3.05, 3.63) is 65.5 Å². The van der Waals surface area contributed by atoms with Gasteiger partial charge >= 0.3 is 0 Å². The van der Waals surface area contributed by atoms with Crippen molar-refractivity contribution in [1.82, 2.24) is 15.2 Å². The minimum absolute atomic E-state index is 0.123. The van der Waals surface area contributed by atoms with Crippen molar-refractivity contribution in [3.63, 3.8) is 0 Å². The molecule has 1 aliphatic carbocycles. The van der Waals surface area contributed by atoms with Crippen LogP contribution >= 0.6 is 0 Å². The van der Waals surface area contributed by atoms with E-state index in [0.717, 1.165) is 12.8 Å². The molecule has 0 bridgehead atoms. The van der Waals surface area contributed by atoms with Gasteiger partial charge in [0.25, 0.3) is 5.91 Å². The lowest BCUT2D eigenvalue weighted by molar-refractivity contribution is -0.129. The highest BCUT2D eigenvalue weighted by atomic mass is 16.2.